The number of anilines is 1. The molecule has 0 atom stereocenters. The molecule has 0 aliphatic carbocycles. The molecule has 0 bridgehead atoms. The SMILES string of the molecule is CNCCCN(C)C(=O)c1ccccc1NC(C)C. The number of carbonyl (C=O) groups excluding carboxylic acids is 1. The van der Waals surface area contributed by atoms with Gasteiger partial charge in [0, 0.05) is 25.3 Å². The lowest BCUT2D eigenvalue weighted by Crippen LogP contribution is -2.30. The van der Waals surface area contributed by atoms with Crippen molar-refractivity contribution in [2.45, 2.75) is 26.3 Å². The molecule has 0 aliphatic rings. The second-order valence-electron chi connectivity index (χ2n) is 5.03. The molecule has 4 heteroatoms. The number of benzene rings is 1. The van der Waals surface area contributed by atoms with E-state index in [2.05, 4.69) is 24.5 Å². The third-order valence-corrected chi connectivity index (χ3v) is 2.87. The number of nitrogens with zero attached hydrogens (tertiary/aromatic N) is 1. The van der Waals surface area contributed by atoms with Crippen LogP contribution in [0, 0.1) is 0 Å². The Bertz CT molecular complexity index is 404. The van der Waals surface area contributed by atoms with Crippen molar-refractivity contribution in [2.24, 2.45) is 0 Å². The zero-order chi connectivity index (χ0) is 14.3. The van der Waals surface area contributed by atoms with E-state index < -0.39 is 0 Å². The molecular formula is C15H25N3O. The molecule has 0 saturated carbocycles. The molecular weight excluding hydrogens is 238 g/mol. The Labute approximate surface area is 116 Å². The number of carbonyl (C=O) groups is 1. The predicted molar refractivity (Wildman–Crippen MR) is 80.7 cm³/mol. The number of rotatable bonds is 7. The van der Waals surface area contributed by atoms with Crippen molar-refractivity contribution in [3.8, 4) is 0 Å². The molecule has 1 aromatic carbocycles. The Morgan fingerprint density at radius 3 is 2.63 bits per heavy atom. The van der Waals surface area contributed by atoms with Gasteiger partial charge in [-0.25, -0.2) is 0 Å². The molecule has 19 heavy (non-hydrogen) atoms. The van der Waals surface area contributed by atoms with Crippen molar-refractivity contribution in [2.75, 3.05) is 32.5 Å². The summed E-state index contributed by atoms with van der Waals surface area (Å²) < 4.78 is 0. The van der Waals surface area contributed by atoms with E-state index in [0.717, 1.165) is 30.8 Å². The first-order valence-corrected chi connectivity index (χ1v) is 6.82. The van der Waals surface area contributed by atoms with Crippen molar-refractivity contribution >= 4 is 11.6 Å². The van der Waals surface area contributed by atoms with Crippen LogP contribution in [0.1, 0.15) is 30.6 Å². The third kappa shape index (κ3) is 4.91. The summed E-state index contributed by atoms with van der Waals surface area (Å²) in [5, 5.41) is 6.41. The number of amides is 1. The number of nitrogens with one attached hydrogen (secondary N) is 2. The van der Waals surface area contributed by atoms with E-state index in [1.807, 2.05) is 38.4 Å². The van der Waals surface area contributed by atoms with E-state index in [9.17, 15) is 4.79 Å². The lowest BCUT2D eigenvalue weighted by Gasteiger charge is -2.20. The van der Waals surface area contributed by atoms with E-state index in [4.69, 9.17) is 0 Å². The summed E-state index contributed by atoms with van der Waals surface area (Å²) in [4.78, 5) is 14.2. The van der Waals surface area contributed by atoms with Crippen LogP contribution in [0.3, 0.4) is 0 Å². The van der Waals surface area contributed by atoms with Crippen LogP contribution in [0.5, 0.6) is 0 Å². The molecule has 2 N–H and O–H groups in total. The van der Waals surface area contributed by atoms with E-state index >= 15 is 0 Å². The summed E-state index contributed by atoms with van der Waals surface area (Å²) in [7, 11) is 3.77. The molecule has 0 heterocycles. The van der Waals surface area contributed by atoms with Crippen molar-refractivity contribution < 1.29 is 4.79 Å². The maximum absolute atomic E-state index is 12.4. The summed E-state index contributed by atoms with van der Waals surface area (Å²) >= 11 is 0. The van der Waals surface area contributed by atoms with Crippen LogP contribution in [-0.2, 0) is 0 Å². The van der Waals surface area contributed by atoms with Gasteiger partial charge >= 0.3 is 0 Å². The topological polar surface area (TPSA) is 44.4 Å². The van der Waals surface area contributed by atoms with E-state index in [1.54, 1.807) is 4.90 Å². The van der Waals surface area contributed by atoms with Crippen molar-refractivity contribution in [1.82, 2.24) is 10.2 Å². The molecule has 1 amide bonds. The fraction of sp³-hybridized carbons (Fsp3) is 0.533. The molecule has 1 aromatic rings. The lowest BCUT2D eigenvalue weighted by molar-refractivity contribution is 0.0794. The Balaban J connectivity index is 2.75. The molecule has 4 nitrogen and oxygen atoms in total. The van der Waals surface area contributed by atoms with Crippen LogP contribution >= 0.6 is 0 Å². The van der Waals surface area contributed by atoms with Gasteiger partial charge in [-0.3, -0.25) is 4.79 Å². The van der Waals surface area contributed by atoms with Crippen LogP contribution in [0.25, 0.3) is 0 Å². The Kier molecular flexibility index (Phi) is 6.36. The van der Waals surface area contributed by atoms with Gasteiger partial charge in [-0.2, -0.15) is 0 Å². The average molecular weight is 263 g/mol. The van der Waals surface area contributed by atoms with Gasteiger partial charge in [-0.15, -0.1) is 0 Å². The fourth-order valence-corrected chi connectivity index (χ4v) is 1.91. The Morgan fingerprint density at radius 1 is 1.32 bits per heavy atom. The molecule has 0 fully saturated rings. The van der Waals surface area contributed by atoms with Gasteiger partial charge < -0.3 is 15.5 Å². The quantitative estimate of drug-likeness (QED) is 0.741. The minimum absolute atomic E-state index is 0.0693. The zero-order valence-electron chi connectivity index (χ0n) is 12.4. The largest absolute Gasteiger partial charge is 0.382 e. The first-order valence-electron chi connectivity index (χ1n) is 6.82. The predicted octanol–water partition coefficient (Wildman–Crippen LogP) is 2.19. The van der Waals surface area contributed by atoms with Gasteiger partial charge in [0.25, 0.3) is 5.91 Å². The number of hydrogen-bond acceptors (Lipinski definition) is 3. The van der Waals surface area contributed by atoms with Gasteiger partial charge in [-0.1, -0.05) is 12.1 Å². The summed E-state index contributed by atoms with van der Waals surface area (Å²) in [6.07, 6.45) is 0.957. The van der Waals surface area contributed by atoms with E-state index in [1.165, 1.54) is 0 Å². The fourth-order valence-electron chi connectivity index (χ4n) is 1.91. The van der Waals surface area contributed by atoms with Gasteiger partial charge in [0.15, 0.2) is 0 Å². The van der Waals surface area contributed by atoms with Crippen molar-refractivity contribution in [3.63, 3.8) is 0 Å². The summed E-state index contributed by atoms with van der Waals surface area (Å²) in [6, 6.07) is 7.99. The average Bonchev–Trinajstić information content (AvgIpc) is 2.38. The maximum atomic E-state index is 12.4. The highest BCUT2D eigenvalue weighted by atomic mass is 16.2. The summed E-state index contributed by atoms with van der Waals surface area (Å²) in [6.45, 7) is 5.81. The minimum atomic E-state index is 0.0693. The molecule has 0 spiro atoms. The molecule has 0 aliphatic heterocycles. The van der Waals surface area contributed by atoms with Crippen LogP contribution in [-0.4, -0.2) is 44.0 Å². The van der Waals surface area contributed by atoms with Gasteiger partial charge in [-0.05, 0) is 46.0 Å². The van der Waals surface area contributed by atoms with Crippen LogP contribution in [0.4, 0.5) is 5.69 Å². The third-order valence-electron chi connectivity index (χ3n) is 2.87. The van der Waals surface area contributed by atoms with Crippen LogP contribution < -0.4 is 10.6 Å². The van der Waals surface area contributed by atoms with E-state index in [-0.39, 0.29) is 5.91 Å². The highest BCUT2D eigenvalue weighted by Crippen LogP contribution is 2.17. The summed E-state index contributed by atoms with van der Waals surface area (Å²) in [5.41, 5.74) is 1.64. The Morgan fingerprint density at radius 2 is 2.00 bits per heavy atom. The smallest absolute Gasteiger partial charge is 0.255 e. The van der Waals surface area contributed by atoms with Gasteiger partial charge in [0.1, 0.15) is 0 Å². The molecule has 1 rings (SSSR count). The molecule has 0 unspecified atom stereocenters. The number of hydrogen-bond donors (Lipinski definition) is 2. The van der Waals surface area contributed by atoms with Gasteiger partial charge in [0.05, 0.1) is 5.56 Å². The second-order valence-corrected chi connectivity index (χ2v) is 5.03. The zero-order valence-corrected chi connectivity index (χ0v) is 12.4. The highest BCUT2D eigenvalue weighted by Gasteiger charge is 2.15. The molecule has 0 saturated heterocycles. The molecule has 0 radical (unpaired) electrons. The lowest BCUT2D eigenvalue weighted by atomic mass is 10.1. The monoisotopic (exact) mass is 263 g/mol. The van der Waals surface area contributed by atoms with Crippen LogP contribution in [0.15, 0.2) is 24.3 Å². The second kappa shape index (κ2) is 7.79. The molecule has 0 aromatic heterocycles. The highest BCUT2D eigenvalue weighted by molar-refractivity contribution is 5.99. The van der Waals surface area contributed by atoms with E-state index in [0.29, 0.717) is 6.04 Å². The first kappa shape index (κ1) is 15.5. The minimum Gasteiger partial charge on any atom is -0.382 e. The number of para-hydroxylation sites is 1. The van der Waals surface area contributed by atoms with Gasteiger partial charge in [0.2, 0.25) is 0 Å². The normalized spacial score (nSPS) is 10.6. The standard InChI is InChI=1S/C15H25N3O/c1-12(2)17-14-9-6-5-8-13(14)15(19)18(4)11-7-10-16-3/h5-6,8-9,12,16-17H,7,10-11H2,1-4H3. The first-order chi connectivity index (χ1) is 9.06. The van der Waals surface area contributed by atoms with Crippen LogP contribution in [0.2, 0.25) is 0 Å². The van der Waals surface area contributed by atoms with Crippen molar-refractivity contribution in [1.29, 1.82) is 0 Å². The maximum Gasteiger partial charge on any atom is 0.255 e. The Hall–Kier alpha value is -1.55. The summed E-state index contributed by atoms with van der Waals surface area (Å²) in [5.74, 6) is 0.0693. The molecule has 106 valence electrons. The van der Waals surface area contributed by atoms with Crippen molar-refractivity contribution in [3.05, 3.63) is 29.8 Å².